The summed E-state index contributed by atoms with van der Waals surface area (Å²) in [5.74, 6) is -11.9. The Hall–Kier alpha value is -9.95. The van der Waals surface area contributed by atoms with Gasteiger partial charge in [0.05, 0.1) is 32.1 Å². The number of aromatic hydroxyl groups is 1. The molecule has 3 aromatic rings. The lowest BCUT2D eigenvalue weighted by Crippen LogP contribution is -2.62. The van der Waals surface area contributed by atoms with Crippen LogP contribution < -0.4 is 87.4 Å². The van der Waals surface area contributed by atoms with Crippen molar-refractivity contribution >= 4 is 77.0 Å². The Kier molecular flexibility index (Phi) is 30.1. The Labute approximate surface area is 500 Å². The molecule has 13 amide bonds. The highest BCUT2D eigenvalue weighted by Gasteiger charge is 2.35. The standard InChI is InChI=1S/C55H79N17O15/c1-29(2)21-37(48(81)63-35(15-10-20-62-54(60)61-3)47(80)64-36(45(59)78)23-30-11-6-4-7-12-30)70-55(87)72-71-53(86)38(24-31-13-8-5-9-14-31)66-51(84)41(27-73)69-50(83)40(26-44(58)77)67-52(85)42(28-74)68-49(82)39(25-43(57)76)65-46(79)34(56)22-32-16-18-33(75)19-17-32/h4-9,11-14,16-19,29,34-42,73-75H,10,15,20-28,56H2,1-3H3,(H2,57,76)(H2,58,77)(H2,59,78)(H,63,81)(H,64,80)(H,65,79)(H,66,84)(H,67,85)(H,68,82)(H,69,83)(H,71,86)(H3,60,61,62)(H2,70,72,87)/t34-,35+,36+,37+,38+,39+,40+,41+,42+/m1/s1. The first-order chi connectivity index (χ1) is 41.2. The molecule has 9 atom stereocenters. The molecule has 0 unspecified atom stereocenters. The van der Waals surface area contributed by atoms with Gasteiger partial charge in [-0.25, -0.2) is 10.2 Å². The minimum absolute atomic E-state index is 0.00886. The lowest BCUT2D eigenvalue weighted by atomic mass is 10.0. The number of phenolic OH excluding ortho intramolecular Hbond substituents is 1. The van der Waals surface area contributed by atoms with Gasteiger partial charge in [0.15, 0.2) is 5.96 Å². The van der Waals surface area contributed by atoms with E-state index in [4.69, 9.17) is 28.7 Å². The van der Waals surface area contributed by atoms with E-state index in [1.807, 2.05) is 0 Å². The van der Waals surface area contributed by atoms with Gasteiger partial charge >= 0.3 is 6.03 Å². The highest BCUT2D eigenvalue weighted by atomic mass is 16.3. The number of urea groups is 1. The minimum atomic E-state index is -1.96. The molecule has 24 N–H and O–H groups in total. The highest BCUT2D eigenvalue weighted by molar-refractivity contribution is 5.99. The second kappa shape index (κ2) is 36.7. The van der Waals surface area contributed by atoms with Crippen molar-refractivity contribution in [1.29, 1.82) is 0 Å². The smallest absolute Gasteiger partial charge is 0.334 e. The number of carbonyl (C=O) groups is 12. The monoisotopic (exact) mass is 1220 g/mol. The van der Waals surface area contributed by atoms with E-state index in [-0.39, 0.29) is 62.7 Å². The molecule has 32 heteroatoms. The Morgan fingerprint density at radius 1 is 0.471 bits per heavy atom. The predicted molar refractivity (Wildman–Crippen MR) is 312 cm³/mol. The van der Waals surface area contributed by atoms with E-state index in [0.717, 1.165) is 0 Å². The van der Waals surface area contributed by atoms with E-state index in [2.05, 4.69) is 63.7 Å². The molecule has 0 fully saturated rings. The van der Waals surface area contributed by atoms with Crippen LogP contribution in [0.2, 0.25) is 0 Å². The Balaban J connectivity index is 1.75. The molecule has 0 radical (unpaired) electrons. The van der Waals surface area contributed by atoms with Crippen molar-refractivity contribution in [3.63, 3.8) is 0 Å². The quantitative estimate of drug-likeness (QED) is 0.0113. The van der Waals surface area contributed by atoms with Crippen LogP contribution >= 0.6 is 0 Å². The minimum Gasteiger partial charge on any atom is -0.508 e. The van der Waals surface area contributed by atoms with E-state index in [9.17, 15) is 72.9 Å². The molecule has 87 heavy (non-hydrogen) atoms. The van der Waals surface area contributed by atoms with Crippen LogP contribution in [-0.4, -0.2) is 173 Å². The van der Waals surface area contributed by atoms with Gasteiger partial charge in [-0.05, 0) is 60.4 Å². The number of aliphatic imine (C=N–C) groups is 1. The molecule has 0 aliphatic carbocycles. The van der Waals surface area contributed by atoms with E-state index in [1.54, 1.807) is 74.5 Å². The Morgan fingerprint density at radius 3 is 1.36 bits per heavy atom. The fourth-order valence-corrected chi connectivity index (χ4v) is 8.21. The number of phenols is 1. The molecule has 0 heterocycles. The summed E-state index contributed by atoms with van der Waals surface area (Å²) in [7, 11) is 1.47. The number of carbonyl (C=O) groups excluding carboxylic acids is 12. The molecular formula is C55H79N17O15. The number of nitrogens with one attached hydrogen (secondary N) is 11. The van der Waals surface area contributed by atoms with Crippen molar-refractivity contribution in [2.24, 2.45) is 39.6 Å². The highest BCUT2D eigenvalue weighted by Crippen LogP contribution is 2.13. The number of hydrazine groups is 1. The van der Waals surface area contributed by atoms with Crippen LogP contribution in [-0.2, 0) is 72.0 Å². The van der Waals surface area contributed by atoms with Crippen LogP contribution in [0.1, 0.15) is 62.6 Å². The fraction of sp³-hybridized carbons (Fsp3) is 0.436. The number of rotatable bonds is 35. The third kappa shape index (κ3) is 26.2. The van der Waals surface area contributed by atoms with Crippen LogP contribution in [0.4, 0.5) is 4.79 Å². The van der Waals surface area contributed by atoms with Gasteiger partial charge in [0, 0.05) is 26.4 Å². The molecule has 32 nitrogen and oxygen atoms in total. The van der Waals surface area contributed by atoms with Crippen LogP contribution in [0.15, 0.2) is 89.9 Å². The number of amides is 13. The third-order valence-corrected chi connectivity index (χ3v) is 12.8. The van der Waals surface area contributed by atoms with Gasteiger partial charge in [0.1, 0.15) is 54.1 Å². The van der Waals surface area contributed by atoms with Crippen molar-refractivity contribution < 1.29 is 72.9 Å². The van der Waals surface area contributed by atoms with Crippen molar-refractivity contribution in [1.82, 2.24) is 58.7 Å². The normalized spacial score (nSPS) is 14.2. The predicted octanol–water partition coefficient (Wildman–Crippen LogP) is -6.58. The molecule has 474 valence electrons. The summed E-state index contributed by atoms with van der Waals surface area (Å²) in [6, 6.07) is 7.15. The summed E-state index contributed by atoms with van der Waals surface area (Å²) in [6.45, 7) is 1.41. The second-order valence-corrected chi connectivity index (χ2v) is 20.3. The van der Waals surface area contributed by atoms with Gasteiger partial charge in [-0.1, -0.05) is 86.6 Å². The van der Waals surface area contributed by atoms with E-state index in [1.165, 1.54) is 31.3 Å². The molecule has 3 aromatic carbocycles. The van der Waals surface area contributed by atoms with Crippen LogP contribution in [0.25, 0.3) is 0 Å². The largest absolute Gasteiger partial charge is 0.508 e. The molecule has 0 bridgehead atoms. The number of primary amides is 3. The first-order valence-electron chi connectivity index (χ1n) is 27.4. The number of nitrogens with zero attached hydrogens (tertiary/aromatic N) is 1. The summed E-state index contributed by atoms with van der Waals surface area (Å²) in [5, 5.41) is 51.5. The van der Waals surface area contributed by atoms with Gasteiger partial charge in [0.25, 0.3) is 5.91 Å². The zero-order chi connectivity index (χ0) is 64.8. The average molecular weight is 1220 g/mol. The molecule has 0 aliphatic heterocycles. The number of hydrogen-bond acceptors (Lipinski definition) is 17. The zero-order valence-corrected chi connectivity index (χ0v) is 48.2. The summed E-state index contributed by atoms with van der Waals surface area (Å²) in [6.07, 6.45) is -1.79. The first-order valence-corrected chi connectivity index (χ1v) is 27.4. The number of aliphatic hydroxyl groups is 2. The van der Waals surface area contributed by atoms with Crippen molar-refractivity contribution in [2.45, 2.75) is 120 Å². The number of nitrogens with two attached hydrogens (primary N) is 5. The molecule has 0 saturated heterocycles. The number of benzene rings is 3. The SMILES string of the molecule is CN=C(N)NCCC[C@H](NC(=O)[C@H](CC(C)C)NC(=O)NNC(=O)[C@H](Cc1ccccc1)NC(=O)[C@H](CO)NC(=O)[C@H](CC(N)=O)NC(=O)[C@H](CO)NC(=O)[C@H](CC(N)=O)NC(=O)[C@H](N)Cc1ccc(O)cc1)C(=O)N[C@@H](Cc1ccccc1)C(N)=O. The number of aliphatic hydroxyl groups excluding tert-OH is 2. The average Bonchev–Trinajstić information content (AvgIpc) is 3.64. The summed E-state index contributed by atoms with van der Waals surface area (Å²) < 4.78 is 0. The van der Waals surface area contributed by atoms with Gasteiger partial charge in [0.2, 0.25) is 59.1 Å². The molecule has 0 saturated carbocycles. The molecule has 0 spiro atoms. The Bertz CT molecular complexity index is 2870. The van der Waals surface area contributed by atoms with Gasteiger partial charge in [-0.2, -0.15) is 0 Å². The maximum absolute atomic E-state index is 14.0. The lowest BCUT2D eigenvalue weighted by Gasteiger charge is -2.26. The van der Waals surface area contributed by atoms with Crippen LogP contribution in [0.5, 0.6) is 5.75 Å². The van der Waals surface area contributed by atoms with Gasteiger partial charge < -0.3 is 91.8 Å². The molecule has 3 rings (SSSR count). The first kappa shape index (κ1) is 71.3. The topological polar surface area (TPSA) is 540 Å². The fourth-order valence-electron chi connectivity index (χ4n) is 8.21. The van der Waals surface area contributed by atoms with Crippen LogP contribution in [0.3, 0.4) is 0 Å². The van der Waals surface area contributed by atoms with Gasteiger partial charge in [-0.3, -0.25) is 63.2 Å². The summed E-state index contributed by atoms with van der Waals surface area (Å²) >= 11 is 0. The number of guanidine groups is 1. The summed E-state index contributed by atoms with van der Waals surface area (Å²) in [4.78, 5) is 163. The molecule has 0 aromatic heterocycles. The van der Waals surface area contributed by atoms with Crippen molar-refractivity contribution in [2.75, 3.05) is 26.8 Å². The van der Waals surface area contributed by atoms with Crippen LogP contribution in [0, 0.1) is 5.92 Å². The maximum Gasteiger partial charge on any atom is 0.334 e. The van der Waals surface area contributed by atoms with Crippen molar-refractivity contribution in [3.05, 3.63) is 102 Å². The van der Waals surface area contributed by atoms with E-state index < -0.39 is 151 Å². The zero-order valence-electron chi connectivity index (χ0n) is 48.2. The van der Waals surface area contributed by atoms with Gasteiger partial charge in [-0.15, -0.1) is 0 Å². The second-order valence-electron chi connectivity index (χ2n) is 20.3. The third-order valence-electron chi connectivity index (χ3n) is 12.8. The van der Waals surface area contributed by atoms with E-state index >= 15 is 0 Å². The maximum atomic E-state index is 14.0. The molecular weight excluding hydrogens is 1140 g/mol. The molecule has 0 aliphatic rings. The lowest BCUT2D eigenvalue weighted by molar-refractivity contribution is -0.137. The van der Waals surface area contributed by atoms with Crippen molar-refractivity contribution in [3.8, 4) is 5.75 Å². The number of hydrogen-bond donors (Lipinski definition) is 19. The summed E-state index contributed by atoms with van der Waals surface area (Å²) in [5.41, 5.74) is 34.0. The van der Waals surface area contributed by atoms with E-state index in [0.29, 0.717) is 16.7 Å². The Morgan fingerprint density at radius 2 is 0.885 bits per heavy atom.